The zero-order chi connectivity index (χ0) is 14.8. The third kappa shape index (κ3) is 2.35. The molecule has 108 valence electrons. The van der Waals surface area contributed by atoms with Crippen LogP contribution in [0.4, 0.5) is 0 Å². The summed E-state index contributed by atoms with van der Waals surface area (Å²) in [6, 6.07) is 5.92. The Morgan fingerprint density at radius 1 is 1.30 bits per heavy atom. The van der Waals surface area contributed by atoms with Gasteiger partial charge < -0.3 is 15.1 Å². The molecule has 1 atom stereocenters. The van der Waals surface area contributed by atoms with Crippen LogP contribution < -0.4 is 0 Å². The van der Waals surface area contributed by atoms with Gasteiger partial charge in [0, 0.05) is 12.1 Å². The molecule has 1 aromatic carbocycles. The molecule has 0 radical (unpaired) electrons. The van der Waals surface area contributed by atoms with Gasteiger partial charge in [-0.15, -0.1) is 0 Å². The van der Waals surface area contributed by atoms with Gasteiger partial charge in [0.2, 0.25) is 0 Å². The molecule has 0 bridgehead atoms. The van der Waals surface area contributed by atoms with Crippen LogP contribution in [0.25, 0.3) is 0 Å². The monoisotopic (exact) mass is 277 g/mol. The molecule has 1 heterocycles. The standard InChI is InChI=1S/C15H19NO4/c1-2-8-15(14(19)20)9-3-10-16(15)13(18)11-4-6-12(17)7-5-11/h4-7,17H,2-3,8-10H2,1H3,(H,19,20). The van der Waals surface area contributed by atoms with Crippen molar-refractivity contribution in [1.82, 2.24) is 4.90 Å². The zero-order valence-corrected chi connectivity index (χ0v) is 11.5. The number of phenolic OH excluding ortho intramolecular Hbond substituents is 1. The van der Waals surface area contributed by atoms with Crippen molar-refractivity contribution >= 4 is 11.9 Å². The molecule has 1 unspecified atom stereocenters. The van der Waals surface area contributed by atoms with E-state index in [1.54, 1.807) is 0 Å². The molecular formula is C15H19NO4. The largest absolute Gasteiger partial charge is 0.508 e. The minimum Gasteiger partial charge on any atom is -0.508 e. The molecule has 2 rings (SSSR count). The highest BCUT2D eigenvalue weighted by atomic mass is 16.4. The summed E-state index contributed by atoms with van der Waals surface area (Å²) in [5.74, 6) is -1.12. The number of carbonyl (C=O) groups is 2. The summed E-state index contributed by atoms with van der Waals surface area (Å²) in [7, 11) is 0. The fourth-order valence-corrected chi connectivity index (χ4v) is 2.94. The molecule has 0 aromatic heterocycles. The molecule has 1 fully saturated rings. The van der Waals surface area contributed by atoms with Crippen molar-refractivity contribution in [3.8, 4) is 5.75 Å². The fraction of sp³-hybridized carbons (Fsp3) is 0.467. The number of benzene rings is 1. The zero-order valence-electron chi connectivity index (χ0n) is 11.5. The molecule has 1 aliphatic heterocycles. The SMILES string of the molecule is CCCC1(C(=O)O)CCCN1C(=O)c1ccc(O)cc1. The summed E-state index contributed by atoms with van der Waals surface area (Å²) in [4.78, 5) is 25.7. The van der Waals surface area contributed by atoms with Crippen molar-refractivity contribution in [3.63, 3.8) is 0 Å². The normalized spacial score (nSPS) is 21.9. The van der Waals surface area contributed by atoms with E-state index in [4.69, 9.17) is 0 Å². The van der Waals surface area contributed by atoms with Gasteiger partial charge in [-0.3, -0.25) is 4.79 Å². The van der Waals surface area contributed by atoms with Gasteiger partial charge in [-0.1, -0.05) is 13.3 Å². The highest BCUT2D eigenvalue weighted by Crippen LogP contribution is 2.35. The summed E-state index contributed by atoms with van der Waals surface area (Å²) >= 11 is 0. The number of phenols is 1. The summed E-state index contributed by atoms with van der Waals surface area (Å²) < 4.78 is 0. The van der Waals surface area contributed by atoms with Crippen molar-refractivity contribution in [1.29, 1.82) is 0 Å². The second kappa shape index (κ2) is 5.53. The Bertz CT molecular complexity index is 511. The summed E-state index contributed by atoms with van der Waals surface area (Å²) in [6.07, 6.45) is 2.38. The third-order valence-electron chi connectivity index (χ3n) is 3.91. The Labute approximate surface area is 117 Å². The predicted molar refractivity (Wildman–Crippen MR) is 73.7 cm³/mol. The van der Waals surface area contributed by atoms with Crippen LogP contribution in [-0.2, 0) is 4.79 Å². The van der Waals surface area contributed by atoms with Gasteiger partial charge in [-0.25, -0.2) is 4.79 Å². The predicted octanol–water partition coefficient (Wildman–Crippen LogP) is 2.25. The van der Waals surface area contributed by atoms with E-state index in [0.29, 0.717) is 37.8 Å². The summed E-state index contributed by atoms with van der Waals surface area (Å²) in [5.41, 5.74) is -0.671. The van der Waals surface area contributed by atoms with Crippen LogP contribution >= 0.6 is 0 Å². The first-order valence-electron chi connectivity index (χ1n) is 6.85. The van der Waals surface area contributed by atoms with Gasteiger partial charge in [0.05, 0.1) is 0 Å². The quantitative estimate of drug-likeness (QED) is 0.884. The number of carbonyl (C=O) groups excluding carboxylic acids is 1. The third-order valence-corrected chi connectivity index (χ3v) is 3.91. The van der Waals surface area contributed by atoms with Gasteiger partial charge in [-0.05, 0) is 43.5 Å². The minimum atomic E-state index is -1.08. The van der Waals surface area contributed by atoms with Crippen LogP contribution in [0.2, 0.25) is 0 Å². The maximum Gasteiger partial charge on any atom is 0.329 e. The lowest BCUT2D eigenvalue weighted by molar-refractivity contribution is -0.148. The lowest BCUT2D eigenvalue weighted by Gasteiger charge is -2.34. The molecule has 0 aliphatic carbocycles. The number of hydrogen-bond donors (Lipinski definition) is 2. The van der Waals surface area contributed by atoms with Gasteiger partial charge in [0.15, 0.2) is 0 Å². The first kappa shape index (κ1) is 14.4. The molecular weight excluding hydrogens is 258 g/mol. The number of amides is 1. The average molecular weight is 277 g/mol. The van der Waals surface area contributed by atoms with E-state index in [0.717, 1.165) is 0 Å². The molecule has 2 N–H and O–H groups in total. The highest BCUT2D eigenvalue weighted by molar-refractivity contribution is 5.98. The number of nitrogens with zero attached hydrogens (tertiary/aromatic N) is 1. The van der Waals surface area contributed by atoms with Crippen molar-refractivity contribution in [2.45, 2.75) is 38.1 Å². The number of hydrogen-bond acceptors (Lipinski definition) is 3. The van der Waals surface area contributed by atoms with Crippen molar-refractivity contribution in [2.75, 3.05) is 6.54 Å². The van der Waals surface area contributed by atoms with Crippen molar-refractivity contribution in [3.05, 3.63) is 29.8 Å². The van der Waals surface area contributed by atoms with Gasteiger partial charge in [0.25, 0.3) is 5.91 Å². The number of likely N-dealkylation sites (tertiary alicyclic amines) is 1. The topological polar surface area (TPSA) is 77.8 Å². The van der Waals surface area contributed by atoms with E-state index in [-0.39, 0.29) is 11.7 Å². The van der Waals surface area contributed by atoms with E-state index in [1.165, 1.54) is 29.2 Å². The van der Waals surface area contributed by atoms with E-state index < -0.39 is 11.5 Å². The first-order valence-corrected chi connectivity index (χ1v) is 6.85. The van der Waals surface area contributed by atoms with Crippen LogP contribution in [0.1, 0.15) is 43.0 Å². The number of aliphatic carboxylic acids is 1. The number of carboxylic acid groups (broad SMARTS) is 1. The van der Waals surface area contributed by atoms with Gasteiger partial charge in [0.1, 0.15) is 11.3 Å². The van der Waals surface area contributed by atoms with Crippen LogP contribution in [0.15, 0.2) is 24.3 Å². The smallest absolute Gasteiger partial charge is 0.329 e. The van der Waals surface area contributed by atoms with Crippen molar-refractivity contribution < 1.29 is 19.8 Å². The molecule has 5 nitrogen and oxygen atoms in total. The second-order valence-electron chi connectivity index (χ2n) is 5.19. The van der Waals surface area contributed by atoms with Crippen LogP contribution in [0.3, 0.4) is 0 Å². The Balaban J connectivity index is 2.32. The molecule has 0 spiro atoms. The Hall–Kier alpha value is -2.04. The van der Waals surface area contributed by atoms with Crippen molar-refractivity contribution in [2.24, 2.45) is 0 Å². The van der Waals surface area contributed by atoms with Gasteiger partial charge >= 0.3 is 5.97 Å². The number of rotatable bonds is 4. The molecule has 0 saturated carbocycles. The summed E-state index contributed by atoms with van der Waals surface area (Å²) in [6.45, 7) is 2.39. The molecule has 1 amide bonds. The van der Waals surface area contributed by atoms with Crippen LogP contribution in [0, 0.1) is 0 Å². The van der Waals surface area contributed by atoms with Gasteiger partial charge in [-0.2, -0.15) is 0 Å². The molecule has 5 heteroatoms. The van der Waals surface area contributed by atoms with E-state index in [1.807, 2.05) is 6.92 Å². The Morgan fingerprint density at radius 2 is 1.95 bits per heavy atom. The van der Waals surface area contributed by atoms with E-state index in [2.05, 4.69) is 0 Å². The second-order valence-corrected chi connectivity index (χ2v) is 5.19. The van der Waals surface area contributed by atoms with Crippen LogP contribution in [0.5, 0.6) is 5.75 Å². The van der Waals surface area contributed by atoms with Crippen LogP contribution in [-0.4, -0.2) is 39.1 Å². The van der Waals surface area contributed by atoms with E-state index in [9.17, 15) is 19.8 Å². The summed E-state index contributed by atoms with van der Waals surface area (Å²) in [5, 5.41) is 18.8. The fourth-order valence-electron chi connectivity index (χ4n) is 2.94. The lowest BCUT2D eigenvalue weighted by Crippen LogP contribution is -2.53. The Morgan fingerprint density at radius 3 is 2.50 bits per heavy atom. The average Bonchev–Trinajstić information content (AvgIpc) is 2.84. The number of carboxylic acids is 1. The number of aromatic hydroxyl groups is 1. The highest BCUT2D eigenvalue weighted by Gasteiger charge is 2.49. The van der Waals surface area contributed by atoms with E-state index >= 15 is 0 Å². The molecule has 1 aliphatic rings. The molecule has 1 saturated heterocycles. The maximum absolute atomic E-state index is 12.5. The minimum absolute atomic E-state index is 0.0843. The Kier molecular flexibility index (Phi) is 3.97. The molecule has 1 aromatic rings. The first-order chi connectivity index (χ1) is 9.51. The maximum atomic E-state index is 12.5. The molecule has 20 heavy (non-hydrogen) atoms. The lowest BCUT2D eigenvalue weighted by atomic mass is 9.90.